The van der Waals surface area contributed by atoms with Gasteiger partial charge in [0.05, 0.1) is 22.7 Å². The summed E-state index contributed by atoms with van der Waals surface area (Å²) in [6.07, 6.45) is 1.32. The van der Waals surface area contributed by atoms with Crippen molar-refractivity contribution in [3.63, 3.8) is 0 Å². The Morgan fingerprint density at radius 3 is 2.38 bits per heavy atom. The highest BCUT2D eigenvalue weighted by molar-refractivity contribution is 6.24. The first-order valence-corrected chi connectivity index (χ1v) is 8.77. The van der Waals surface area contributed by atoms with Gasteiger partial charge in [0.25, 0.3) is 0 Å². The van der Waals surface area contributed by atoms with Gasteiger partial charge in [-0.3, -0.25) is 9.79 Å². The van der Waals surface area contributed by atoms with Crippen LogP contribution in [0.3, 0.4) is 0 Å². The molecule has 0 atom stereocenters. The highest BCUT2D eigenvalue weighted by Gasteiger charge is 2.35. The third-order valence-corrected chi connectivity index (χ3v) is 4.55. The van der Waals surface area contributed by atoms with Crippen molar-refractivity contribution >= 4 is 22.9 Å². The van der Waals surface area contributed by atoms with Crippen molar-refractivity contribution in [3.05, 3.63) is 71.5 Å². The monoisotopic (exact) mass is 348 g/mol. The number of nitrogens with two attached hydrogens (primary N) is 1. The molecule has 0 bridgehead atoms. The Morgan fingerprint density at radius 1 is 1.08 bits per heavy atom. The number of carbonyl (C=O) groups is 1. The topological polar surface area (TPSA) is 75.7 Å². The predicted octanol–water partition coefficient (Wildman–Crippen LogP) is 4.79. The van der Waals surface area contributed by atoms with E-state index in [-0.39, 0.29) is 17.0 Å². The quantitative estimate of drug-likeness (QED) is 0.616. The number of benzene rings is 2. The molecule has 0 fully saturated rings. The van der Waals surface area contributed by atoms with E-state index in [0.29, 0.717) is 41.9 Å². The number of hydrogen-bond acceptors (Lipinski definition) is 4. The summed E-state index contributed by atoms with van der Waals surface area (Å²) in [7, 11) is 0. The summed E-state index contributed by atoms with van der Waals surface area (Å²) in [6.45, 7) is 3.97. The molecule has 4 nitrogen and oxygen atoms in total. The van der Waals surface area contributed by atoms with Crippen molar-refractivity contribution in [2.75, 3.05) is 5.73 Å². The number of carbonyl (C=O) groups excluding carboxylic acids is 1. The number of allylic oxidation sites excluding steroid dienone is 2. The molecule has 26 heavy (non-hydrogen) atoms. The van der Waals surface area contributed by atoms with Crippen molar-refractivity contribution in [3.8, 4) is 0 Å². The number of hydrogen-bond donors (Lipinski definition) is 2. The number of ketones is 1. The maximum absolute atomic E-state index is 12.8. The van der Waals surface area contributed by atoms with Gasteiger partial charge >= 0.3 is 0 Å². The van der Waals surface area contributed by atoms with Gasteiger partial charge in [0, 0.05) is 19.3 Å². The number of nitrogen functional groups attached to an aromatic ring is 1. The van der Waals surface area contributed by atoms with Crippen LogP contribution in [-0.2, 0) is 11.2 Å². The van der Waals surface area contributed by atoms with E-state index in [9.17, 15) is 9.90 Å². The van der Waals surface area contributed by atoms with Gasteiger partial charge in [-0.15, -0.1) is 0 Å². The number of anilines is 1. The zero-order valence-electron chi connectivity index (χ0n) is 15.2. The number of aliphatic hydroxyl groups is 1. The molecule has 0 unspecified atom stereocenters. The molecule has 0 heterocycles. The van der Waals surface area contributed by atoms with Crippen molar-refractivity contribution in [1.29, 1.82) is 0 Å². The lowest BCUT2D eigenvalue weighted by molar-refractivity contribution is -0.117. The molecule has 3 N–H and O–H groups in total. The second kappa shape index (κ2) is 7.16. The summed E-state index contributed by atoms with van der Waals surface area (Å²) >= 11 is 0. The van der Waals surface area contributed by atoms with Crippen LogP contribution in [-0.4, -0.2) is 16.6 Å². The molecule has 4 heteroatoms. The molecule has 1 aliphatic rings. The van der Waals surface area contributed by atoms with Crippen molar-refractivity contribution in [2.45, 2.75) is 33.1 Å². The number of aliphatic imine (C=N–C) groups is 1. The molecule has 2 aromatic carbocycles. The van der Waals surface area contributed by atoms with Crippen LogP contribution in [0.4, 0.5) is 11.4 Å². The van der Waals surface area contributed by atoms with Crippen LogP contribution in [0.15, 0.2) is 70.9 Å². The van der Waals surface area contributed by atoms with Gasteiger partial charge in [-0.2, -0.15) is 0 Å². The van der Waals surface area contributed by atoms with Crippen LogP contribution < -0.4 is 5.73 Å². The van der Waals surface area contributed by atoms with Gasteiger partial charge in [0.15, 0.2) is 5.78 Å². The van der Waals surface area contributed by atoms with E-state index in [1.54, 1.807) is 6.07 Å². The maximum Gasteiger partial charge on any atom is 0.168 e. The molecule has 0 saturated carbocycles. The maximum atomic E-state index is 12.8. The molecule has 1 aliphatic carbocycles. The third-order valence-electron chi connectivity index (χ3n) is 4.55. The van der Waals surface area contributed by atoms with Crippen LogP contribution in [0, 0.1) is 5.41 Å². The molecule has 0 spiro atoms. The summed E-state index contributed by atoms with van der Waals surface area (Å²) in [5.74, 6) is 0.0540. The summed E-state index contributed by atoms with van der Waals surface area (Å²) in [6, 6.07) is 17.1. The fourth-order valence-electron chi connectivity index (χ4n) is 3.32. The number of nitrogens with zero attached hydrogens (tertiary/aromatic N) is 1. The Kier molecular flexibility index (Phi) is 4.94. The smallest absolute Gasteiger partial charge is 0.168 e. The largest absolute Gasteiger partial charge is 0.511 e. The minimum absolute atomic E-state index is 0.0667. The molecule has 0 aromatic heterocycles. The Labute approximate surface area is 154 Å². The molecule has 134 valence electrons. The minimum Gasteiger partial charge on any atom is -0.511 e. The first-order chi connectivity index (χ1) is 12.4. The molecular formula is C22H24N2O2. The SMILES string of the molecule is CC1(C)CC(=O)C(C(Cc2ccccc2)=Nc2ccccc2N)=C(O)C1. The Hall–Kier alpha value is -2.88. The van der Waals surface area contributed by atoms with E-state index >= 15 is 0 Å². The van der Waals surface area contributed by atoms with E-state index in [0.717, 1.165) is 5.56 Å². The highest BCUT2D eigenvalue weighted by Crippen LogP contribution is 2.37. The molecule has 0 amide bonds. The van der Waals surface area contributed by atoms with Crippen LogP contribution >= 0.6 is 0 Å². The Balaban J connectivity index is 2.09. The van der Waals surface area contributed by atoms with E-state index in [1.165, 1.54) is 0 Å². The van der Waals surface area contributed by atoms with E-state index < -0.39 is 0 Å². The van der Waals surface area contributed by atoms with Gasteiger partial charge in [-0.05, 0) is 23.1 Å². The normalized spacial score (nSPS) is 17.5. The second-order valence-electron chi connectivity index (χ2n) is 7.54. The van der Waals surface area contributed by atoms with Crippen molar-refractivity contribution < 1.29 is 9.90 Å². The van der Waals surface area contributed by atoms with Gasteiger partial charge in [-0.1, -0.05) is 56.3 Å². The van der Waals surface area contributed by atoms with E-state index in [1.807, 2.05) is 62.4 Å². The fraction of sp³-hybridized carbons (Fsp3) is 0.273. The summed E-state index contributed by atoms with van der Waals surface area (Å²) in [5, 5.41) is 10.6. The molecule has 0 radical (unpaired) electrons. The van der Waals surface area contributed by atoms with Crippen molar-refractivity contribution in [1.82, 2.24) is 0 Å². The lowest BCUT2D eigenvalue weighted by atomic mass is 9.75. The first kappa shape index (κ1) is 17.9. The predicted molar refractivity (Wildman–Crippen MR) is 106 cm³/mol. The standard InChI is InChI=1S/C22H24N2O2/c1-22(2)13-19(25)21(20(26)14-22)18(12-15-8-4-3-5-9-15)24-17-11-7-6-10-16(17)23/h3-11,25H,12-14,23H2,1-2H3. The number of rotatable bonds is 4. The van der Waals surface area contributed by atoms with Crippen LogP contribution in [0.5, 0.6) is 0 Å². The lowest BCUT2D eigenvalue weighted by Crippen LogP contribution is -2.30. The molecule has 0 aliphatic heterocycles. The van der Waals surface area contributed by atoms with E-state index in [4.69, 9.17) is 5.73 Å². The average Bonchev–Trinajstić information content (AvgIpc) is 2.56. The first-order valence-electron chi connectivity index (χ1n) is 8.77. The summed E-state index contributed by atoms with van der Waals surface area (Å²) in [4.78, 5) is 17.5. The third kappa shape index (κ3) is 4.02. The molecule has 3 rings (SSSR count). The molecule has 2 aromatic rings. The molecular weight excluding hydrogens is 324 g/mol. The van der Waals surface area contributed by atoms with Crippen LogP contribution in [0.2, 0.25) is 0 Å². The number of para-hydroxylation sites is 2. The van der Waals surface area contributed by atoms with Gasteiger partial charge in [0.2, 0.25) is 0 Å². The van der Waals surface area contributed by atoms with Gasteiger partial charge in [0.1, 0.15) is 5.76 Å². The van der Waals surface area contributed by atoms with Gasteiger partial charge < -0.3 is 10.8 Å². The summed E-state index contributed by atoms with van der Waals surface area (Å²) < 4.78 is 0. The van der Waals surface area contributed by atoms with Gasteiger partial charge in [-0.25, -0.2) is 0 Å². The number of Topliss-reactive ketones (excluding diaryl/α,β-unsaturated/α-hetero) is 1. The zero-order chi connectivity index (χ0) is 18.7. The average molecular weight is 348 g/mol. The summed E-state index contributed by atoms with van der Waals surface area (Å²) in [5.41, 5.74) is 8.88. The Bertz CT molecular complexity index is 880. The minimum atomic E-state index is -0.242. The van der Waals surface area contributed by atoms with Crippen molar-refractivity contribution in [2.24, 2.45) is 10.4 Å². The van der Waals surface area contributed by atoms with Crippen LogP contribution in [0.25, 0.3) is 0 Å². The zero-order valence-corrected chi connectivity index (χ0v) is 15.2. The van der Waals surface area contributed by atoms with E-state index in [2.05, 4.69) is 4.99 Å². The second-order valence-corrected chi connectivity index (χ2v) is 7.54. The highest BCUT2D eigenvalue weighted by atomic mass is 16.3. The fourth-order valence-corrected chi connectivity index (χ4v) is 3.32. The molecule has 0 saturated heterocycles. The lowest BCUT2D eigenvalue weighted by Gasteiger charge is -2.30. The van der Waals surface area contributed by atoms with Crippen LogP contribution in [0.1, 0.15) is 32.3 Å². The Morgan fingerprint density at radius 2 is 1.73 bits per heavy atom. The number of aliphatic hydroxyl groups excluding tert-OH is 1.